The van der Waals surface area contributed by atoms with Gasteiger partial charge in [-0.1, -0.05) is 18.2 Å². The number of nitrogens with zero attached hydrogens (tertiary/aromatic N) is 1. The Morgan fingerprint density at radius 3 is 2.65 bits per heavy atom. The lowest BCUT2D eigenvalue weighted by Gasteiger charge is -2.25. The van der Waals surface area contributed by atoms with Crippen LogP contribution in [0.4, 0.5) is 0 Å². The Balaban J connectivity index is 2.09. The predicted octanol–water partition coefficient (Wildman–Crippen LogP) is 2.49. The summed E-state index contributed by atoms with van der Waals surface area (Å²) >= 11 is 0. The fraction of sp³-hybridized carbons (Fsp3) is 0.600. The normalized spacial score (nSPS) is 21.0. The first kappa shape index (κ1) is 12.6. The van der Waals surface area contributed by atoms with Gasteiger partial charge in [-0.25, -0.2) is 0 Å². The standard InChI is InChI=1S/C15H24N2/c1-12-6-4-7-13(2)15(12)11-17-9-5-8-14(17)10-16-3/h4,6-7,14,16H,5,8-11H2,1-3H3. The fourth-order valence-corrected chi connectivity index (χ4v) is 2.87. The summed E-state index contributed by atoms with van der Waals surface area (Å²) in [5, 5.41) is 3.31. The molecule has 1 unspecified atom stereocenters. The molecule has 1 heterocycles. The molecule has 0 amide bonds. The molecule has 94 valence electrons. The van der Waals surface area contributed by atoms with Crippen molar-refractivity contribution in [3.05, 3.63) is 34.9 Å². The van der Waals surface area contributed by atoms with Crippen LogP contribution in [-0.4, -0.2) is 31.1 Å². The molecule has 1 saturated heterocycles. The van der Waals surface area contributed by atoms with E-state index < -0.39 is 0 Å². The van der Waals surface area contributed by atoms with Crippen LogP contribution in [0.25, 0.3) is 0 Å². The fourth-order valence-electron chi connectivity index (χ4n) is 2.87. The van der Waals surface area contributed by atoms with Gasteiger partial charge in [0.05, 0.1) is 0 Å². The van der Waals surface area contributed by atoms with Crippen molar-refractivity contribution in [3.63, 3.8) is 0 Å². The number of nitrogens with one attached hydrogen (secondary N) is 1. The number of hydrogen-bond donors (Lipinski definition) is 1. The SMILES string of the molecule is CNCC1CCCN1Cc1c(C)cccc1C. The molecule has 0 saturated carbocycles. The van der Waals surface area contributed by atoms with Crippen LogP contribution >= 0.6 is 0 Å². The lowest BCUT2D eigenvalue weighted by atomic mass is 10.0. The van der Waals surface area contributed by atoms with E-state index in [0.717, 1.165) is 19.1 Å². The Morgan fingerprint density at radius 2 is 2.00 bits per heavy atom. The Labute approximate surface area is 105 Å². The number of benzene rings is 1. The number of rotatable bonds is 4. The average Bonchev–Trinajstić information content (AvgIpc) is 2.72. The highest BCUT2D eigenvalue weighted by atomic mass is 15.2. The van der Waals surface area contributed by atoms with Crippen molar-refractivity contribution in [1.82, 2.24) is 10.2 Å². The average molecular weight is 232 g/mol. The molecule has 2 nitrogen and oxygen atoms in total. The van der Waals surface area contributed by atoms with Gasteiger partial charge in [0.2, 0.25) is 0 Å². The number of likely N-dealkylation sites (N-methyl/N-ethyl adjacent to an activating group) is 1. The van der Waals surface area contributed by atoms with Crippen molar-refractivity contribution in [2.24, 2.45) is 0 Å². The van der Waals surface area contributed by atoms with Crippen LogP contribution in [0.3, 0.4) is 0 Å². The molecule has 1 aliphatic heterocycles. The minimum absolute atomic E-state index is 0.721. The summed E-state index contributed by atoms with van der Waals surface area (Å²) in [6.07, 6.45) is 2.68. The van der Waals surface area contributed by atoms with E-state index >= 15 is 0 Å². The molecule has 0 bridgehead atoms. The van der Waals surface area contributed by atoms with E-state index in [1.54, 1.807) is 0 Å². The molecule has 1 aromatic rings. The van der Waals surface area contributed by atoms with Gasteiger partial charge in [-0.2, -0.15) is 0 Å². The zero-order valence-electron chi connectivity index (χ0n) is 11.3. The Kier molecular flexibility index (Phi) is 4.19. The molecule has 2 rings (SSSR count). The molecule has 1 atom stereocenters. The molecule has 1 N–H and O–H groups in total. The second kappa shape index (κ2) is 5.65. The third-order valence-electron chi connectivity index (χ3n) is 3.94. The summed E-state index contributed by atoms with van der Waals surface area (Å²) in [7, 11) is 2.05. The summed E-state index contributed by atoms with van der Waals surface area (Å²) < 4.78 is 0. The van der Waals surface area contributed by atoms with Gasteiger partial charge in [0, 0.05) is 19.1 Å². The smallest absolute Gasteiger partial charge is 0.0242 e. The van der Waals surface area contributed by atoms with Gasteiger partial charge in [0.15, 0.2) is 0 Å². The van der Waals surface area contributed by atoms with Crippen molar-refractivity contribution in [1.29, 1.82) is 0 Å². The van der Waals surface area contributed by atoms with Gasteiger partial charge < -0.3 is 5.32 Å². The quantitative estimate of drug-likeness (QED) is 0.858. The zero-order valence-corrected chi connectivity index (χ0v) is 11.3. The topological polar surface area (TPSA) is 15.3 Å². The van der Waals surface area contributed by atoms with Crippen LogP contribution in [0.15, 0.2) is 18.2 Å². The van der Waals surface area contributed by atoms with Gasteiger partial charge in [0.25, 0.3) is 0 Å². The molecule has 1 aromatic carbocycles. The maximum Gasteiger partial charge on any atom is 0.0242 e. The summed E-state index contributed by atoms with van der Waals surface area (Å²) in [6, 6.07) is 7.33. The number of hydrogen-bond acceptors (Lipinski definition) is 2. The monoisotopic (exact) mass is 232 g/mol. The minimum atomic E-state index is 0.721. The van der Waals surface area contributed by atoms with Crippen LogP contribution in [0.5, 0.6) is 0 Å². The molecule has 0 aromatic heterocycles. The molecule has 0 spiro atoms. The van der Waals surface area contributed by atoms with Crippen LogP contribution in [0, 0.1) is 13.8 Å². The molecular weight excluding hydrogens is 208 g/mol. The minimum Gasteiger partial charge on any atom is -0.318 e. The summed E-state index contributed by atoms with van der Waals surface area (Å²) in [6.45, 7) is 7.94. The van der Waals surface area contributed by atoms with E-state index in [1.165, 1.54) is 36.1 Å². The first-order valence-corrected chi connectivity index (χ1v) is 6.66. The van der Waals surface area contributed by atoms with E-state index in [1.807, 2.05) is 0 Å². The molecule has 17 heavy (non-hydrogen) atoms. The third-order valence-corrected chi connectivity index (χ3v) is 3.94. The Morgan fingerprint density at radius 1 is 1.29 bits per heavy atom. The maximum atomic E-state index is 3.31. The molecule has 0 radical (unpaired) electrons. The van der Waals surface area contributed by atoms with Crippen molar-refractivity contribution in [2.75, 3.05) is 20.1 Å². The molecule has 1 aliphatic rings. The Hall–Kier alpha value is -0.860. The van der Waals surface area contributed by atoms with E-state index in [4.69, 9.17) is 0 Å². The highest BCUT2D eigenvalue weighted by molar-refractivity contribution is 5.33. The molecule has 0 aliphatic carbocycles. The van der Waals surface area contributed by atoms with Gasteiger partial charge >= 0.3 is 0 Å². The Bertz CT molecular complexity index is 353. The van der Waals surface area contributed by atoms with Crippen LogP contribution in [0.1, 0.15) is 29.5 Å². The second-order valence-corrected chi connectivity index (χ2v) is 5.19. The van der Waals surface area contributed by atoms with Crippen molar-refractivity contribution in [2.45, 2.75) is 39.3 Å². The van der Waals surface area contributed by atoms with Gasteiger partial charge in [-0.15, -0.1) is 0 Å². The largest absolute Gasteiger partial charge is 0.318 e. The lowest BCUT2D eigenvalue weighted by Crippen LogP contribution is -2.36. The van der Waals surface area contributed by atoms with Crippen LogP contribution in [-0.2, 0) is 6.54 Å². The van der Waals surface area contributed by atoms with Gasteiger partial charge in [-0.05, 0) is 57.0 Å². The van der Waals surface area contributed by atoms with Crippen LogP contribution in [0.2, 0.25) is 0 Å². The molecule has 2 heteroatoms. The third kappa shape index (κ3) is 2.88. The number of aryl methyl sites for hydroxylation is 2. The second-order valence-electron chi connectivity index (χ2n) is 5.19. The summed E-state index contributed by atoms with van der Waals surface area (Å²) in [4.78, 5) is 2.63. The first-order valence-electron chi connectivity index (χ1n) is 6.66. The predicted molar refractivity (Wildman–Crippen MR) is 73.3 cm³/mol. The highest BCUT2D eigenvalue weighted by Crippen LogP contribution is 2.22. The highest BCUT2D eigenvalue weighted by Gasteiger charge is 2.24. The van der Waals surface area contributed by atoms with E-state index in [-0.39, 0.29) is 0 Å². The van der Waals surface area contributed by atoms with Crippen LogP contribution < -0.4 is 5.32 Å². The van der Waals surface area contributed by atoms with Crippen molar-refractivity contribution >= 4 is 0 Å². The van der Waals surface area contributed by atoms with E-state index in [0.29, 0.717) is 0 Å². The van der Waals surface area contributed by atoms with Crippen molar-refractivity contribution < 1.29 is 0 Å². The molecule has 1 fully saturated rings. The van der Waals surface area contributed by atoms with Crippen molar-refractivity contribution in [3.8, 4) is 0 Å². The summed E-state index contributed by atoms with van der Waals surface area (Å²) in [5.74, 6) is 0. The molecular formula is C15H24N2. The zero-order chi connectivity index (χ0) is 12.3. The summed E-state index contributed by atoms with van der Waals surface area (Å²) in [5.41, 5.74) is 4.38. The number of likely N-dealkylation sites (tertiary alicyclic amines) is 1. The first-order chi connectivity index (χ1) is 8.22. The van der Waals surface area contributed by atoms with E-state index in [9.17, 15) is 0 Å². The van der Waals surface area contributed by atoms with Gasteiger partial charge in [0.1, 0.15) is 0 Å². The maximum absolute atomic E-state index is 3.31. The lowest BCUT2D eigenvalue weighted by molar-refractivity contribution is 0.241. The van der Waals surface area contributed by atoms with Gasteiger partial charge in [-0.3, -0.25) is 4.90 Å². The van der Waals surface area contributed by atoms with E-state index in [2.05, 4.69) is 49.3 Å².